The molecule has 2 aromatic rings. The SMILES string of the molecule is Cc1ccc(NC(=O)CCC(=O)c2ccc3c(c2)OCCO3)cc1C(F)(F)F. The zero-order chi connectivity index (χ0) is 20.3. The minimum absolute atomic E-state index is 0.0368. The molecule has 0 saturated carbocycles. The maximum atomic E-state index is 13.0. The molecule has 8 heteroatoms. The molecule has 148 valence electrons. The van der Waals surface area contributed by atoms with E-state index in [1.807, 2.05) is 0 Å². The Morgan fingerprint density at radius 2 is 1.71 bits per heavy atom. The first kappa shape index (κ1) is 19.7. The Hall–Kier alpha value is -3.03. The third-order valence-electron chi connectivity index (χ3n) is 4.27. The molecule has 0 aromatic heterocycles. The number of alkyl halides is 3. The number of benzene rings is 2. The minimum atomic E-state index is -4.50. The number of amides is 1. The molecule has 0 unspecified atom stereocenters. The third kappa shape index (κ3) is 4.62. The summed E-state index contributed by atoms with van der Waals surface area (Å²) in [6.07, 6.45) is -4.73. The van der Waals surface area contributed by atoms with Crippen molar-refractivity contribution in [2.75, 3.05) is 18.5 Å². The number of rotatable bonds is 5. The highest BCUT2D eigenvalue weighted by molar-refractivity contribution is 6.00. The van der Waals surface area contributed by atoms with Crippen LogP contribution in [0.3, 0.4) is 0 Å². The fourth-order valence-electron chi connectivity index (χ4n) is 2.82. The van der Waals surface area contributed by atoms with Crippen molar-refractivity contribution in [1.29, 1.82) is 0 Å². The van der Waals surface area contributed by atoms with E-state index in [4.69, 9.17) is 9.47 Å². The molecule has 0 radical (unpaired) electrons. The number of aryl methyl sites for hydroxylation is 1. The van der Waals surface area contributed by atoms with Crippen LogP contribution in [0, 0.1) is 6.92 Å². The van der Waals surface area contributed by atoms with E-state index in [9.17, 15) is 22.8 Å². The lowest BCUT2D eigenvalue weighted by molar-refractivity contribution is -0.138. The summed E-state index contributed by atoms with van der Waals surface area (Å²) in [7, 11) is 0. The second-order valence-electron chi connectivity index (χ2n) is 6.36. The number of hydrogen-bond acceptors (Lipinski definition) is 4. The van der Waals surface area contributed by atoms with E-state index in [1.54, 1.807) is 18.2 Å². The Kier molecular flexibility index (Phi) is 5.58. The molecule has 1 heterocycles. The van der Waals surface area contributed by atoms with Crippen LogP contribution in [0.15, 0.2) is 36.4 Å². The first-order chi connectivity index (χ1) is 13.2. The lowest BCUT2D eigenvalue weighted by Crippen LogP contribution is -2.16. The summed E-state index contributed by atoms with van der Waals surface area (Å²) in [5.74, 6) is 0.219. The number of halogens is 3. The van der Waals surface area contributed by atoms with Gasteiger partial charge in [-0.25, -0.2) is 0 Å². The van der Waals surface area contributed by atoms with Gasteiger partial charge in [0.05, 0.1) is 5.56 Å². The highest BCUT2D eigenvalue weighted by Crippen LogP contribution is 2.34. The number of nitrogens with one attached hydrogen (secondary N) is 1. The maximum Gasteiger partial charge on any atom is 0.416 e. The molecular formula is C20H18F3NO4. The van der Waals surface area contributed by atoms with Gasteiger partial charge in [-0.05, 0) is 42.8 Å². The van der Waals surface area contributed by atoms with Crippen LogP contribution in [0.2, 0.25) is 0 Å². The van der Waals surface area contributed by atoms with Crippen molar-refractivity contribution >= 4 is 17.4 Å². The molecule has 0 fully saturated rings. The quantitative estimate of drug-likeness (QED) is 0.766. The van der Waals surface area contributed by atoms with Gasteiger partial charge in [0.25, 0.3) is 0 Å². The lowest BCUT2D eigenvalue weighted by atomic mass is 10.0. The molecule has 0 bridgehead atoms. The second-order valence-corrected chi connectivity index (χ2v) is 6.36. The van der Waals surface area contributed by atoms with Crippen molar-refractivity contribution in [2.45, 2.75) is 25.9 Å². The van der Waals surface area contributed by atoms with Crippen molar-refractivity contribution in [3.05, 3.63) is 53.1 Å². The second kappa shape index (κ2) is 7.92. The fourth-order valence-corrected chi connectivity index (χ4v) is 2.82. The lowest BCUT2D eigenvalue weighted by Gasteiger charge is -2.18. The van der Waals surface area contributed by atoms with Gasteiger partial charge in [-0.3, -0.25) is 9.59 Å². The number of ether oxygens (including phenoxy) is 2. The summed E-state index contributed by atoms with van der Waals surface area (Å²) in [6, 6.07) is 8.35. The highest BCUT2D eigenvalue weighted by atomic mass is 19.4. The van der Waals surface area contributed by atoms with E-state index in [0.29, 0.717) is 30.3 Å². The molecule has 5 nitrogen and oxygen atoms in total. The number of anilines is 1. The summed E-state index contributed by atoms with van der Waals surface area (Å²) in [5, 5.41) is 2.40. The van der Waals surface area contributed by atoms with Gasteiger partial charge in [0.15, 0.2) is 17.3 Å². The molecule has 0 saturated heterocycles. The summed E-state index contributed by atoms with van der Waals surface area (Å²) < 4.78 is 49.7. The predicted molar refractivity (Wildman–Crippen MR) is 95.8 cm³/mol. The van der Waals surface area contributed by atoms with Crippen molar-refractivity contribution in [2.24, 2.45) is 0 Å². The van der Waals surface area contributed by atoms with E-state index < -0.39 is 17.6 Å². The monoisotopic (exact) mass is 393 g/mol. The molecule has 1 aliphatic heterocycles. The van der Waals surface area contributed by atoms with Crippen LogP contribution in [-0.2, 0) is 11.0 Å². The third-order valence-corrected chi connectivity index (χ3v) is 4.27. The van der Waals surface area contributed by atoms with E-state index in [1.165, 1.54) is 19.1 Å². The molecular weight excluding hydrogens is 375 g/mol. The van der Waals surface area contributed by atoms with Gasteiger partial charge in [0.2, 0.25) is 5.91 Å². The number of fused-ring (bicyclic) bond motifs is 1. The molecule has 3 rings (SSSR count). The van der Waals surface area contributed by atoms with Crippen LogP contribution in [0.5, 0.6) is 11.5 Å². The minimum Gasteiger partial charge on any atom is -0.486 e. The largest absolute Gasteiger partial charge is 0.486 e. The number of carbonyl (C=O) groups is 2. The Balaban J connectivity index is 1.59. The van der Waals surface area contributed by atoms with Crippen LogP contribution in [-0.4, -0.2) is 24.9 Å². The van der Waals surface area contributed by atoms with Crippen LogP contribution in [0.4, 0.5) is 18.9 Å². The van der Waals surface area contributed by atoms with Gasteiger partial charge in [-0.1, -0.05) is 6.07 Å². The molecule has 2 aromatic carbocycles. The van der Waals surface area contributed by atoms with Gasteiger partial charge < -0.3 is 14.8 Å². The number of Topliss-reactive ketones (excluding diaryl/α,β-unsaturated/α-hetero) is 1. The Bertz CT molecular complexity index is 909. The van der Waals surface area contributed by atoms with E-state index in [-0.39, 0.29) is 29.9 Å². The maximum absolute atomic E-state index is 13.0. The number of carbonyl (C=O) groups excluding carboxylic acids is 2. The Labute approximate surface area is 159 Å². The highest BCUT2D eigenvalue weighted by Gasteiger charge is 2.32. The Morgan fingerprint density at radius 3 is 2.43 bits per heavy atom. The zero-order valence-electron chi connectivity index (χ0n) is 15.1. The van der Waals surface area contributed by atoms with Gasteiger partial charge in [-0.15, -0.1) is 0 Å². The standard InChI is InChI=1S/C20H18F3NO4/c1-12-2-4-14(11-15(12)20(21,22)23)24-19(26)7-5-16(25)13-3-6-17-18(10-13)28-9-8-27-17/h2-4,6,10-11H,5,7-9H2,1H3,(H,24,26). The van der Waals surface area contributed by atoms with Crippen molar-refractivity contribution < 1.29 is 32.2 Å². The van der Waals surface area contributed by atoms with E-state index >= 15 is 0 Å². The fraction of sp³-hybridized carbons (Fsp3) is 0.300. The average Bonchev–Trinajstić information content (AvgIpc) is 2.66. The number of ketones is 1. The normalized spacial score (nSPS) is 13.1. The molecule has 1 N–H and O–H groups in total. The van der Waals surface area contributed by atoms with Crippen LogP contribution >= 0.6 is 0 Å². The number of hydrogen-bond donors (Lipinski definition) is 1. The molecule has 1 amide bonds. The molecule has 1 aliphatic rings. The van der Waals surface area contributed by atoms with Gasteiger partial charge in [0.1, 0.15) is 13.2 Å². The first-order valence-electron chi connectivity index (χ1n) is 8.64. The summed E-state index contributed by atoms with van der Waals surface area (Å²) in [5.41, 5.74) is -0.321. The van der Waals surface area contributed by atoms with Crippen LogP contribution in [0.1, 0.15) is 34.3 Å². The average molecular weight is 393 g/mol. The molecule has 0 spiro atoms. The van der Waals surface area contributed by atoms with E-state index in [2.05, 4.69) is 5.32 Å². The summed E-state index contributed by atoms with van der Waals surface area (Å²) >= 11 is 0. The van der Waals surface area contributed by atoms with Crippen molar-refractivity contribution in [3.8, 4) is 11.5 Å². The summed E-state index contributed by atoms with van der Waals surface area (Å²) in [4.78, 5) is 24.3. The topological polar surface area (TPSA) is 64.6 Å². The molecule has 28 heavy (non-hydrogen) atoms. The van der Waals surface area contributed by atoms with Gasteiger partial charge in [0, 0.05) is 24.1 Å². The predicted octanol–water partition coefficient (Wildman–Crippen LogP) is 4.39. The molecule has 0 aliphatic carbocycles. The van der Waals surface area contributed by atoms with Crippen LogP contribution in [0.25, 0.3) is 0 Å². The van der Waals surface area contributed by atoms with Gasteiger partial charge >= 0.3 is 6.18 Å². The first-order valence-corrected chi connectivity index (χ1v) is 8.64. The van der Waals surface area contributed by atoms with Gasteiger partial charge in [-0.2, -0.15) is 13.2 Å². The Morgan fingerprint density at radius 1 is 1.00 bits per heavy atom. The van der Waals surface area contributed by atoms with Crippen LogP contribution < -0.4 is 14.8 Å². The van der Waals surface area contributed by atoms with E-state index in [0.717, 1.165) is 6.07 Å². The molecule has 0 atom stereocenters. The smallest absolute Gasteiger partial charge is 0.416 e. The van der Waals surface area contributed by atoms with Crippen molar-refractivity contribution in [1.82, 2.24) is 0 Å². The zero-order valence-corrected chi connectivity index (χ0v) is 15.1. The van der Waals surface area contributed by atoms with Crippen molar-refractivity contribution in [3.63, 3.8) is 0 Å². The summed E-state index contributed by atoms with van der Waals surface area (Å²) in [6.45, 7) is 2.18.